The topological polar surface area (TPSA) is 243 Å². The number of esters is 1. The maximum atomic E-state index is 13.1. The van der Waals surface area contributed by atoms with Crippen molar-refractivity contribution in [2.24, 2.45) is 0 Å². The number of hydrogen-bond donors (Lipinski definition) is 8. The molecule has 0 unspecified atom stereocenters. The van der Waals surface area contributed by atoms with E-state index in [-0.39, 0.29) is 5.56 Å². The Morgan fingerprint density at radius 1 is 0.766 bits per heavy atom. The minimum atomic E-state index is -5.13. The predicted molar refractivity (Wildman–Crippen MR) is 217 cm³/mol. The van der Waals surface area contributed by atoms with Crippen molar-refractivity contribution in [1.82, 2.24) is 5.32 Å². The van der Waals surface area contributed by atoms with Gasteiger partial charge in [0.05, 0.1) is 0 Å². The van der Waals surface area contributed by atoms with Crippen LogP contribution in [0.1, 0.15) is 67.2 Å². The van der Waals surface area contributed by atoms with Crippen LogP contribution in [-0.2, 0) is 17.1 Å². The molecule has 7 rings (SSSR count). The molecule has 8 N–H and O–H groups in total. The Hall–Kier alpha value is -5.75. The van der Waals surface area contributed by atoms with Crippen LogP contribution in [0.4, 0.5) is 27.6 Å². The third-order valence-electron chi connectivity index (χ3n) is 9.72. The van der Waals surface area contributed by atoms with Gasteiger partial charge in [-0.05, 0) is 0 Å². The number of ether oxygens (including phenoxy) is 2. The van der Waals surface area contributed by atoms with Crippen molar-refractivity contribution in [3.05, 3.63) is 128 Å². The summed E-state index contributed by atoms with van der Waals surface area (Å²) in [6.45, 7) is 7.83. The molecule has 0 saturated carbocycles. The average Bonchev–Trinajstić information content (AvgIpc) is 3.16. The van der Waals surface area contributed by atoms with E-state index in [0.29, 0.717) is 66.7 Å². The van der Waals surface area contributed by atoms with Crippen molar-refractivity contribution in [3.8, 4) is 17.2 Å². The molecule has 4 aromatic rings. The first-order chi connectivity index (χ1) is 29.5. The zero-order valence-corrected chi connectivity index (χ0v) is 38.0. The number of carboxylic acids is 1. The van der Waals surface area contributed by atoms with Crippen LogP contribution in [-0.4, -0.2) is 85.3 Å². The van der Waals surface area contributed by atoms with Crippen LogP contribution in [0.2, 0.25) is 10.4 Å². The number of carboxylic acid groups (broad SMARTS) is 1. The molecule has 0 aliphatic carbocycles. The number of carbonyl (C=O) groups is 3. The predicted octanol–water partition coefficient (Wildman–Crippen LogP) is 2.33. The van der Waals surface area contributed by atoms with Crippen molar-refractivity contribution in [3.63, 3.8) is 0 Å². The van der Waals surface area contributed by atoms with Crippen LogP contribution < -0.4 is 35.7 Å². The molecule has 15 nitrogen and oxygen atoms in total. The first-order valence-corrected chi connectivity index (χ1v) is 26.4. The number of carbonyl (C=O) groups excluding carboxylic acids is 2. The number of fused-ring (bicyclic) bond motifs is 4. The summed E-state index contributed by atoms with van der Waals surface area (Å²) in [4.78, 5) is 37.3. The number of aromatic carboxylic acids is 1. The van der Waals surface area contributed by atoms with E-state index in [4.69, 9.17) is 4.74 Å². The zero-order valence-electron chi connectivity index (χ0n) is 34.3. The molecule has 0 fully saturated rings. The van der Waals surface area contributed by atoms with Gasteiger partial charge in [-0.1, -0.05) is 0 Å². The third kappa shape index (κ3) is 10.4. The van der Waals surface area contributed by atoms with Gasteiger partial charge < -0.3 is 10.1 Å². The van der Waals surface area contributed by atoms with E-state index in [1.807, 2.05) is 33.0 Å². The zero-order chi connectivity index (χ0) is 47.4. The van der Waals surface area contributed by atoms with Crippen molar-refractivity contribution in [2.45, 2.75) is 56.1 Å². The second-order valence-electron chi connectivity index (χ2n) is 16.1. The number of amides is 1. The monoisotopic (exact) mass is 1020 g/mol. The molecular weight excluding hydrogens is 983 g/mol. The van der Waals surface area contributed by atoms with Crippen LogP contribution >= 0.6 is 0 Å². The molecule has 0 spiro atoms. The van der Waals surface area contributed by atoms with E-state index in [1.165, 1.54) is 6.07 Å². The molecule has 4 aromatic carbocycles. The Balaban J connectivity index is 0.000000301. The van der Waals surface area contributed by atoms with Gasteiger partial charge in [0.25, 0.3) is 0 Å². The quantitative estimate of drug-likeness (QED) is 0.0265. The molecule has 338 valence electrons. The summed E-state index contributed by atoms with van der Waals surface area (Å²) in [5.41, 5.74) is 2.85. The number of hydrogen-bond acceptors (Lipinski definition) is 8. The summed E-state index contributed by atoms with van der Waals surface area (Å²) in [6, 6.07) is 13.6. The molecule has 1 amide bonds. The summed E-state index contributed by atoms with van der Waals surface area (Å²) < 4.78 is 139. The first-order valence-electron chi connectivity index (χ1n) is 18.9. The van der Waals surface area contributed by atoms with Gasteiger partial charge in [0.1, 0.15) is 6.54 Å². The van der Waals surface area contributed by atoms with E-state index < -0.39 is 109 Å². The van der Waals surface area contributed by atoms with Crippen molar-refractivity contribution in [1.29, 1.82) is 0 Å². The van der Waals surface area contributed by atoms with Gasteiger partial charge in [0.15, 0.2) is 0 Å². The van der Waals surface area contributed by atoms with Gasteiger partial charge in [0, 0.05) is 6.92 Å². The summed E-state index contributed by atoms with van der Waals surface area (Å²) in [5.74, 6) is -15.5. The number of halogens is 5. The Kier molecular flexibility index (Phi) is 12.9. The van der Waals surface area contributed by atoms with Crippen molar-refractivity contribution < 1.29 is 79.8 Å². The molecule has 3 aliphatic heterocycles. The van der Waals surface area contributed by atoms with Crippen LogP contribution in [0.3, 0.4) is 0 Å². The Labute approximate surface area is 365 Å². The third-order valence-corrected chi connectivity index (χ3v) is 12.9. The summed E-state index contributed by atoms with van der Waals surface area (Å²) in [7, 11) is 0. The standard InChI is InChI=1S/C32H32As2N2O9.C10H6F5NO3/c1-31(2)13-17(15-33(39,40)41)21-9-23-27(11-25(21)35-31)45-28-12-26-22(18(16-34(42,43)44)14-32(3,4)36-26)10-24(28)29(23)19-7-5-6-8-20(19)30(37)38;1-3(17)16-2-4(18)19-10-8(14)6(12)5(11)7(13)9(10)15/h5-14,35H,15-16H2,1-4H3,(H,37,38)(H2,39,40,41)(H2,42,43,44);2H2,1H3,(H,16,17)/p+1. The van der Waals surface area contributed by atoms with Gasteiger partial charge in [0.2, 0.25) is 40.7 Å². The van der Waals surface area contributed by atoms with E-state index in [1.54, 1.807) is 54.6 Å². The SMILES string of the molecule is CC(=O)NCC(=O)Oc1c(F)c(F)c(F)c(F)c1F.CC1(C)C=C(C[As](=O)(O)O)c2cc3c(cc2N1)Oc1cc2c(cc1=C3c1ccccc1C(=O)O)C(C[As](=O)(O)O)=CC(C)(C)[NH+]=2. The van der Waals surface area contributed by atoms with Gasteiger partial charge in [-0.15, -0.1) is 0 Å². The molecule has 0 saturated heterocycles. The Morgan fingerprint density at radius 3 is 1.92 bits per heavy atom. The molecule has 3 aliphatic rings. The second kappa shape index (κ2) is 17.3. The molecular formula is C42H39As2F5N3O12+. The molecule has 64 heavy (non-hydrogen) atoms. The van der Waals surface area contributed by atoms with Gasteiger partial charge in [-0.3, -0.25) is 4.79 Å². The number of nitrogens with one attached hydrogen (secondary N) is 3. The van der Waals surface area contributed by atoms with Crippen molar-refractivity contribution >= 4 is 68.6 Å². The number of benzene rings is 4. The van der Waals surface area contributed by atoms with E-state index in [2.05, 4.69) is 15.0 Å². The normalized spacial score (nSPS) is 15.4. The fourth-order valence-corrected chi connectivity index (χ4v) is 10.4. The fourth-order valence-electron chi connectivity index (χ4n) is 7.42. The average molecular weight is 1020 g/mol. The van der Waals surface area contributed by atoms with E-state index in [0.717, 1.165) is 6.92 Å². The maximum absolute atomic E-state index is 13.1. The molecule has 0 radical (unpaired) electrons. The molecule has 0 atom stereocenters. The van der Waals surface area contributed by atoms with E-state index >= 15 is 0 Å². The molecule has 0 bridgehead atoms. The minimum absolute atomic E-state index is 0.0312. The fraction of sp³-hybridized carbons (Fsp3) is 0.238. The van der Waals surface area contributed by atoms with Gasteiger partial charge in [-0.25, -0.2) is 18.0 Å². The number of allylic oxidation sites excluding steroid dienone is 2. The van der Waals surface area contributed by atoms with E-state index in [9.17, 15) is 65.3 Å². The van der Waals surface area contributed by atoms with Gasteiger partial charge >= 0.3 is 271 Å². The second-order valence-corrected chi connectivity index (χ2v) is 23.0. The van der Waals surface area contributed by atoms with Crippen molar-refractivity contribution in [2.75, 3.05) is 11.9 Å². The van der Waals surface area contributed by atoms with Crippen LogP contribution in [0.15, 0.2) is 60.7 Å². The van der Waals surface area contributed by atoms with Gasteiger partial charge in [-0.2, -0.15) is 8.78 Å². The van der Waals surface area contributed by atoms with Crippen LogP contribution in [0.5, 0.6) is 17.2 Å². The van der Waals surface area contributed by atoms with Crippen LogP contribution in [0.25, 0.3) is 16.7 Å². The first kappa shape index (κ1) is 47.7. The molecule has 22 heteroatoms. The summed E-state index contributed by atoms with van der Waals surface area (Å²) in [5, 5.41) is 15.8. The van der Waals surface area contributed by atoms with Crippen LogP contribution in [0, 0.1) is 29.1 Å². The molecule has 0 aromatic heterocycles. The summed E-state index contributed by atoms with van der Waals surface area (Å²) >= 11 is -10.3. The molecule has 3 heterocycles. The summed E-state index contributed by atoms with van der Waals surface area (Å²) in [6.07, 6.45) is 3.57. The number of anilines is 1. The Morgan fingerprint density at radius 2 is 1.34 bits per heavy atom. The Bertz CT molecular complexity index is 2950. The number of rotatable bonds is 9.